The molecule has 0 atom stereocenters. The molecule has 4 rings (SSSR count). The van der Waals surface area contributed by atoms with E-state index >= 15 is 0 Å². The van der Waals surface area contributed by atoms with Crippen LogP contribution in [0, 0.1) is 30.3 Å². The highest BCUT2D eigenvalue weighted by Gasteiger charge is 2.25. The molecule has 0 radical (unpaired) electrons. The van der Waals surface area contributed by atoms with Crippen LogP contribution in [0.5, 0.6) is 5.75 Å². The molecule has 4 aromatic carbocycles. The van der Waals surface area contributed by atoms with Crippen molar-refractivity contribution in [1.29, 1.82) is 0 Å². The lowest BCUT2D eigenvalue weighted by molar-refractivity contribution is -0.393. The van der Waals surface area contributed by atoms with Gasteiger partial charge in [0, 0.05) is 24.0 Å². The van der Waals surface area contributed by atoms with Gasteiger partial charge < -0.3 is 15.4 Å². The van der Waals surface area contributed by atoms with Crippen LogP contribution in [-0.2, 0) is 0 Å². The number of hydrogen-bond acceptors (Lipinski definition) is 10. The molecule has 0 amide bonds. The SMILES string of the molecule is COc1ccc(Nc2cc(Nc3ccccc3N=Cc3ccc([N+](=O)[O-])cc3)c([N+](=O)[O-])cc2[N+](=O)[O-])cc1. The molecule has 0 aliphatic carbocycles. The normalized spacial score (nSPS) is 10.7. The summed E-state index contributed by atoms with van der Waals surface area (Å²) in [5.74, 6) is 0.590. The Labute approximate surface area is 220 Å². The van der Waals surface area contributed by atoms with Crippen molar-refractivity contribution in [2.75, 3.05) is 17.7 Å². The van der Waals surface area contributed by atoms with Crippen molar-refractivity contribution in [3.05, 3.63) is 121 Å². The summed E-state index contributed by atoms with van der Waals surface area (Å²) in [5.41, 5.74) is 0.901. The van der Waals surface area contributed by atoms with Crippen LogP contribution < -0.4 is 15.4 Å². The summed E-state index contributed by atoms with van der Waals surface area (Å²) in [7, 11) is 1.51. The second-order valence-corrected chi connectivity index (χ2v) is 8.00. The van der Waals surface area contributed by atoms with Crippen LogP contribution >= 0.6 is 0 Å². The zero-order valence-corrected chi connectivity index (χ0v) is 20.3. The number of benzene rings is 4. The Hall–Kier alpha value is -5.85. The summed E-state index contributed by atoms with van der Waals surface area (Å²) in [6, 6.07) is 21.3. The van der Waals surface area contributed by atoms with E-state index in [0.717, 1.165) is 6.07 Å². The maximum atomic E-state index is 11.8. The number of rotatable bonds is 10. The van der Waals surface area contributed by atoms with Crippen molar-refractivity contribution in [3.63, 3.8) is 0 Å². The first-order valence-corrected chi connectivity index (χ1v) is 11.3. The topological polar surface area (TPSA) is 175 Å². The number of nitro groups is 3. The van der Waals surface area contributed by atoms with Gasteiger partial charge in [0.2, 0.25) is 0 Å². The number of ether oxygens (including phenoxy) is 1. The number of non-ortho nitro benzene ring substituents is 1. The highest BCUT2D eigenvalue weighted by Crippen LogP contribution is 2.40. The fourth-order valence-electron chi connectivity index (χ4n) is 3.57. The summed E-state index contributed by atoms with van der Waals surface area (Å²) < 4.78 is 5.12. The zero-order chi connectivity index (χ0) is 27.9. The average Bonchev–Trinajstić information content (AvgIpc) is 2.93. The van der Waals surface area contributed by atoms with E-state index < -0.39 is 26.1 Å². The minimum Gasteiger partial charge on any atom is -0.497 e. The van der Waals surface area contributed by atoms with Crippen molar-refractivity contribution in [2.45, 2.75) is 0 Å². The van der Waals surface area contributed by atoms with Crippen LogP contribution in [0.15, 0.2) is 89.9 Å². The van der Waals surface area contributed by atoms with Gasteiger partial charge in [-0.1, -0.05) is 12.1 Å². The summed E-state index contributed by atoms with van der Waals surface area (Å²) in [6.45, 7) is 0. The van der Waals surface area contributed by atoms with Gasteiger partial charge >= 0.3 is 0 Å². The maximum Gasteiger partial charge on any atom is 0.299 e. The van der Waals surface area contributed by atoms with Crippen molar-refractivity contribution >= 4 is 51.7 Å². The molecule has 13 heteroatoms. The number of para-hydroxylation sites is 2. The second-order valence-electron chi connectivity index (χ2n) is 8.00. The molecule has 0 bridgehead atoms. The number of hydrogen-bond donors (Lipinski definition) is 2. The van der Waals surface area contributed by atoms with Gasteiger partial charge in [-0.15, -0.1) is 0 Å². The number of nitro benzene ring substituents is 3. The lowest BCUT2D eigenvalue weighted by Gasteiger charge is -2.13. The fraction of sp³-hybridized carbons (Fsp3) is 0.0385. The summed E-state index contributed by atoms with van der Waals surface area (Å²) in [5, 5.41) is 40.3. The third-order valence-electron chi connectivity index (χ3n) is 5.51. The molecule has 0 fully saturated rings. The van der Waals surface area contributed by atoms with E-state index in [2.05, 4.69) is 15.6 Å². The molecule has 2 N–H and O–H groups in total. The summed E-state index contributed by atoms with van der Waals surface area (Å²) in [6.07, 6.45) is 1.49. The van der Waals surface area contributed by atoms with Gasteiger partial charge in [-0.05, 0) is 60.2 Å². The standard InChI is InChI=1S/C26H20N6O7/c1-39-20-12-8-18(9-13-20)28-23-14-24(26(32(37)38)15-25(23)31(35)36)29-22-5-3-2-4-21(22)27-16-17-6-10-19(11-7-17)30(33)34/h2-16,28-29H,1H3. The number of aliphatic imine (C=N–C) groups is 1. The average molecular weight is 528 g/mol. The van der Waals surface area contributed by atoms with Gasteiger partial charge in [0.25, 0.3) is 17.1 Å². The Morgan fingerprint density at radius 3 is 1.92 bits per heavy atom. The molecule has 4 aromatic rings. The highest BCUT2D eigenvalue weighted by atomic mass is 16.6. The highest BCUT2D eigenvalue weighted by molar-refractivity contribution is 5.87. The van der Waals surface area contributed by atoms with Crippen LogP contribution in [0.4, 0.5) is 45.5 Å². The lowest BCUT2D eigenvalue weighted by atomic mass is 10.1. The van der Waals surface area contributed by atoms with Crippen molar-refractivity contribution < 1.29 is 19.5 Å². The van der Waals surface area contributed by atoms with E-state index in [9.17, 15) is 30.3 Å². The second kappa shape index (κ2) is 11.5. The first-order chi connectivity index (χ1) is 18.7. The van der Waals surface area contributed by atoms with Crippen molar-refractivity contribution in [2.24, 2.45) is 4.99 Å². The predicted octanol–water partition coefficient (Wildman–Crippen LogP) is 6.66. The molecule has 39 heavy (non-hydrogen) atoms. The Morgan fingerprint density at radius 2 is 1.33 bits per heavy atom. The third kappa shape index (κ3) is 6.29. The molecular weight excluding hydrogens is 508 g/mol. The Kier molecular flexibility index (Phi) is 7.71. The van der Waals surface area contributed by atoms with E-state index in [1.807, 2.05) is 0 Å². The first-order valence-electron chi connectivity index (χ1n) is 11.3. The van der Waals surface area contributed by atoms with E-state index in [0.29, 0.717) is 28.4 Å². The molecule has 0 saturated carbocycles. The van der Waals surface area contributed by atoms with E-state index in [1.54, 1.807) is 48.5 Å². The smallest absolute Gasteiger partial charge is 0.299 e. The molecule has 0 saturated heterocycles. The molecule has 13 nitrogen and oxygen atoms in total. The molecule has 0 unspecified atom stereocenters. The van der Waals surface area contributed by atoms with Gasteiger partial charge in [0.15, 0.2) is 0 Å². The van der Waals surface area contributed by atoms with Gasteiger partial charge in [0.05, 0.1) is 39.3 Å². The number of nitrogens with zero attached hydrogens (tertiary/aromatic N) is 4. The Balaban J connectivity index is 1.69. The molecule has 0 heterocycles. The number of anilines is 4. The third-order valence-corrected chi connectivity index (χ3v) is 5.51. The van der Waals surface area contributed by atoms with Gasteiger partial charge in [0.1, 0.15) is 17.1 Å². The molecule has 196 valence electrons. The minimum atomic E-state index is -0.713. The zero-order valence-electron chi connectivity index (χ0n) is 20.3. The molecule has 0 aliphatic rings. The number of nitrogens with one attached hydrogen (secondary N) is 2. The molecule has 0 spiro atoms. The van der Waals surface area contributed by atoms with Crippen LogP contribution in [0.2, 0.25) is 0 Å². The largest absolute Gasteiger partial charge is 0.497 e. The Morgan fingerprint density at radius 1 is 0.718 bits per heavy atom. The maximum absolute atomic E-state index is 11.8. The molecule has 0 aromatic heterocycles. The Bertz CT molecular complexity index is 1570. The molecule has 0 aliphatic heterocycles. The van der Waals surface area contributed by atoms with Crippen LogP contribution in [0.1, 0.15) is 5.56 Å². The van der Waals surface area contributed by atoms with E-state index in [1.165, 1.54) is 43.7 Å². The van der Waals surface area contributed by atoms with Gasteiger partial charge in [-0.25, -0.2) is 0 Å². The van der Waals surface area contributed by atoms with Gasteiger partial charge in [-0.3, -0.25) is 35.3 Å². The van der Waals surface area contributed by atoms with Crippen LogP contribution in [-0.4, -0.2) is 28.1 Å². The van der Waals surface area contributed by atoms with Crippen molar-refractivity contribution in [1.82, 2.24) is 0 Å². The van der Waals surface area contributed by atoms with Crippen LogP contribution in [0.25, 0.3) is 0 Å². The van der Waals surface area contributed by atoms with Crippen molar-refractivity contribution in [3.8, 4) is 5.75 Å². The van der Waals surface area contributed by atoms with Crippen LogP contribution in [0.3, 0.4) is 0 Å². The predicted molar refractivity (Wildman–Crippen MR) is 146 cm³/mol. The van der Waals surface area contributed by atoms with E-state index in [4.69, 9.17) is 4.74 Å². The fourth-order valence-corrected chi connectivity index (χ4v) is 3.57. The number of methoxy groups -OCH3 is 1. The quantitative estimate of drug-likeness (QED) is 0.129. The minimum absolute atomic E-state index is 0.000373. The molecular formula is C26H20N6O7. The van der Waals surface area contributed by atoms with Gasteiger partial charge in [-0.2, -0.15) is 0 Å². The monoisotopic (exact) mass is 528 g/mol. The first kappa shape index (κ1) is 26.2. The summed E-state index contributed by atoms with van der Waals surface area (Å²) >= 11 is 0. The summed E-state index contributed by atoms with van der Waals surface area (Å²) in [4.78, 5) is 36.9. The van der Waals surface area contributed by atoms with E-state index in [-0.39, 0.29) is 17.1 Å². The lowest BCUT2D eigenvalue weighted by Crippen LogP contribution is -2.03.